The number of sulfonamides is 1. The number of carbonyl (C=O) groups is 1. The molecule has 0 unspecified atom stereocenters. The molecule has 0 aliphatic carbocycles. The maximum atomic E-state index is 12.8. The number of methoxy groups -OCH3 is 1. The van der Waals surface area contributed by atoms with Crippen LogP contribution in [0.25, 0.3) is 0 Å². The third kappa shape index (κ3) is 5.00. The molecule has 162 valence electrons. The van der Waals surface area contributed by atoms with E-state index in [2.05, 4.69) is 5.32 Å². The van der Waals surface area contributed by atoms with Gasteiger partial charge in [0, 0.05) is 31.0 Å². The van der Waals surface area contributed by atoms with Crippen LogP contribution in [0.1, 0.15) is 12.8 Å². The van der Waals surface area contributed by atoms with Crippen molar-refractivity contribution < 1.29 is 26.4 Å². The predicted octanol–water partition coefficient (Wildman–Crippen LogP) is 2.14. The summed E-state index contributed by atoms with van der Waals surface area (Å²) >= 11 is 0. The van der Waals surface area contributed by atoms with Gasteiger partial charge < -0.3 is 10.1 Å². The Morgan fingerprint density at radius 3 is 1.97 bits per heavy atom. The van der Waals surface area contributed by atoms with E-state index in [9.17, 15) is 21.6 Å². The zero-order chi connectivity index (χ0) is 21.9. The Hall–Kier alpha value is -2.43. The average Bonchev–Trinajstić information content (AvgIpc) is 2.74. The van der Waals surface area contributed by atoms with Gasteiger partial charge in [-0.25, -0.2) is 16.8 Å². The SMILES string of the molecule is COc1ccc(NC(=O)C2CCN(S(=O)(=O)c3ccc(S(C)(=O)=O)cc3)CC2)cc1. The molecule has 2 aromatic rings. The minimum absolute atomic E-state index is 0.0380. The lowest BCUT2D eigenvalue weighted by Crippen LogP contribution is -2.41. The standard InChI is InChI=1S/C20H24N2O6S2/c1-28-17-5-3-16(4-6-17)21-20(23)15-11-13-22(14-12-15)30(26,27)19-9-7-18(8-10-19)29(2,24)25/h3-10,15H,11-14H2,1-2H3,(H,21,23). The van der Waals surface area contributed by atoms with Gasteiger partial charge in [-0.1, -0.05) is 0 Å². The first-order valence-corrected chi connectivity index (χ1v) is 12.7. The molecule has 1 heterocycles. The van der Waals surface area contributed by atoms with Gasteiger partial charge in [0.25, 0.3) is 0 Å². The Balaban J connectivity index is 1.61. The van der Waals surface area contributed by atoms with Gasteiger partial charge in [-0.15, -0.1) is 0 Å². The summed E-state index contributed by atoms with van der Waals surface area (Å²) in [6.45, 7) is 0.438. The predicted molar refractivity (Wildman–Crippen MR) is 113 cm³/mol. The molecule has 2 aromatic carbocycles. The number of nitrogens with one attached hydrogen (secondary N) is 1. The maximum absolute atomic E-state index is 12.8. The highest BCUT2D eigenvalue weighted by Crippen LogP contribution is 2.26. The van der Waals surface area contributed by atoms with Crippen molar-refractivity contribution in [2.24, 2.45) is 5.92 Å². The topological polar surface area (TPSA) is 110 Å². The number of carbonyl (C=O) groups excluding carboxylic acids is 1. The highest BCUT2D eigenvalue weighted by molar-refractivity contribution is 7.90. The summed E-state index contributed by atoms with van der Waals surface area (Å²) < 4.78 is 55.2. The van der Waals surface area contributed by atoms with Gasteiger partial charge in [-0.3, -0.25) is 4.79 Å². The van der Waals surface area contributed by atoms with Gasteiger partial charge in [-0.05, 0) is 61.4 Å². The molecule has 0 bridgehead atoms. The second kappa shape index (κ2) is 8.75. The molecule has 1 saturated heterocycles. The second-order valence-corrected chi connectivity index (χ2v) is 11.1. The number of anilines is 1. The molecular weight excluding hydrogens is 428 g/mol. The molecule has 0 radical (unpaired) electrons. The van der Waals surface area contributed by atoms with Crippen molar-refractivity contribution in [2.75, 3.05) is 31.8 Å². The molecule has 1 amide bonds. The van der Waals surface area contributed by atoms with E-state index in [1.807, 2.05) is 0 Å². The van der Waals surface area contributed by atoms with E-state index in [0.717, 1.165) is 6.26 Å². The first kappa shape index (κ1) is 22.3. The number of benzene rings is 2. The van der Waals surface area contributed by atoms with E-state index in [1.54, 1.807) is 31.4 Å². The molecule has 0 spiro atoms. The number of ether oxygens (including phenoxy) is 1. The van der Waals surface area contributed by atoms with Gasteiger partial charge in [0.15, 0.2) is 9.84 Å². The zero-order valence-corrected chi connectivity index (χ0v) is 18.4. The summed E-state index contributed by atoms with van der Waals surface area (Å²) in [5.41, 5.74) is 0.654. The van der Waals surface area contributed by atoms with Crippen molar-refractivity contribution in [1.82, 2.24) is 4.31 Å². The highest BCUT2D eigenvalue weighted by Gasteiger charge is 2.32. The minimum Gasteiger partial charge on any atom is -0.497 e. The van der Waals surface area contributed by atoms with Crippen LogP contribution < -0.4 is 10.1 Å². The largest absolute Gasteiger partial charge is 0.497 e. The highest BCUT2D eigenvalue weighted by atomic mass is 32.2. The Morgan fingerprint density at radius 2 is 1.47 bits per heavy atom. The lowest BCUT2D eigenvalue weighted by Gasteiger charge is -2.30. The van der Waals surface area contributed by atoms with Crippen LogP contribution in [0.2, 0.25) is 0 Å². The molecule has 10 heteroatoms. The molecule has 0 saturated carbocycles. The van der Waals surface area contributed by atoms with E-state index in [-0.39, 0.29) is 34.7 Å². The van der Waals surface area contributed by atoms with E-state index < -0.39 is 19.9 Å². The van der Waals surface area contributed by atoms with Gasteiger partial charge >= 0.3 is 0 Å². The summed E-state index contributed by atoms with van der Waals surface area (Å²) in [7, 11) is -5.58. The second-order valence-electron chi connectivity index (χ2n) is 7.14. The molecule has 8 nitrogen and oxygen atoms in total. The third-order valence-corrected chi connectivity index (χ3v) is 8.11. The number of hydrogen-bond donors (Lipinski definition) is 1. The number of sulfone groups is 1. The quantitative estimate of drug-likeness (QED) is 0.719. The van der Waals surface area contributed by atoms with Crippen LogP contribution in [0.3, 0.4) is 0 Å². The van der Waals surface area contributed by atoms with Crippen LogP contribution in [0, 0.1) is 5.92 Å². The fourth-order valence-electron chi connectivity index (χ4n) is 3.28. The van der Waals surface area contributed by atoms with Crippen LogP contribution >= 0.6 is 0 Å². The molecule has 0 aromatic heterocycles. The molecule has 1 N–H and O–H groups in total. The fraction of sp³-hybridized carbons (Fsp3) is 0.350. The maximum Gasteiger partial charge on any atom is 0.243 e. The van der Waals surface area contributed by atoms with Crippen LogP contribution in [0.5, 0.6) is 5.75 Å². The van der Waals surface area contributed by atoms with Gasteiger partial charge in [0.2, 0.25) is 15.9 Å². The zero-order valence-electron chi connectivity index (χ0n) is 16.7. The Bertz CT molecular complexity index is 1100. The summed E-state index contributed by atoms with van der Waals surface area (Å²) in [6, 6.07) is 12.2. The van der Waals surface area contributed by atoms with Gasteiger partial charge in [-0.2, -0.15) is 4.31 Å². The number of nitrogens with zero attached hydrogens (tertiary/aromatic N) is 1. The minimum atomic E-state index is -3.75. The summed E-state index contributed by atoms with van der Waals surface area (Å²) in [5.74, 6) is 0.261. The molecule has 1 aliphatic rings. The number of rotatable bonds is 6. The van der Waals surface area contributed by atoms with Crippen molar-refractivity contribution in [3.63, 3.8) is 0 Å². The van der Waals surface area contributed by atoms with Crippen molar-refractivity contribution in [3.8, 4) is 5.75 Å². The van der Waals surface area contributed by atoms with Crippen LogP contribution in [-0.2, 0) is 24.7 Å². The van der Waals surface area contributed by atoms with E-state index >= 15 is 0 Å². The molecule has 30 heavy (non-hydrogen) atoms. The third-order valence-electron chi connectivity index (χ3n) is 5.07. The van der Waals surface area contributed by atoms with Crippen molar-refractivity contribution >= 4 is 31.5 Å². The van der Waals surface area contributed by atoms with E-state index in [0.29, 0.717) is 24.3 Å². The Kier molecular flexibility index (Phi) is 6.49. The van der Waals surface area contributed by atoms with Crippen molar-refractivity contribution in [3.05, 3.63) is 48.5 Å². The molecule has 3 rings (SSSR count). The molecular formula is C20H24N2O6S2. The van der Waals surface area contributed by atoms with Gasteiger partial charge in [0.05, 0.1) is 16.9 Å². The summed E-state index contributed by atoms with van der Waals surface area (Å²) in [5, 5.41) is 2.85. The first-order valence-electron chi connectivity index (χ1n) is 9.36. The summed E-state index contributed by atoms with van der Waals surface area (Å²) in [4.78, 5) is 12.6. The van der Waals surface area contributed by atoms with Crippen LogP contribution in [0.4, 0.5) is 5.69 Å². The monoisotopic (exact) mass is 452 g/mol. The number of hydrogen-bond acceptors (Lipinski definition) is 6. The first-order chi connectivity index (χ1) is 14.1. The van der Waals surface area contributed by atoms with Crippen LogP contribution in [-0.4, -0.2) is 53.5 Å². The van der Waals surface area contributed by atoms with Crippen molar-refractivity contribution in [1.29, 1.82) is 0 Å². The smallest absolute Gasteiger partial charge is 0.243 e. The normalized spacial score (nSPS) is 16.2. The number of amides is 1. The Morgan fingerprint density at radius 1 is 0.933 bits per heavy atom. The average molecular weight is 453 g/mol. The van der Waals surface area contributed by atoms with Gasteiger partial charge in [0.1, 0.15) is 5.75 Å². The lowest BCUT2D eigenvalue weighted by molar-refractivity contribution is -0.120. The van der Waals surface area contributed by atoms with Crippen LogP contribution in [0.15, 0.2) is 58.3 Å². The fourth-order valence-corrected chi connectivity index (χ4v) is 5.39. The lowest BCUT2D eigenvalue weighted by atomic mass is 9.97. The Labute approximate surface area is 176 Å². The van der Waals surface area contributed by atoms with E-state index in [1.165, 1.54) is 28.6 Å². The summed E-state index contributed by atoms with van der Waals surface area (Å²) in [6.07, 6.45) is 1.88. The molecule has 1 aliphatic heterocycles. The van der Waals surface area contributed by atoms with Crippen molar-refractivity contribution in [2.45, 2.75) is 22.6 Å². The molecule has 0 atom stereocenters. The number of piperidine rings is 1. The van der Waals surface area contributed by atoms with E-state index in [4.69, 9.17) is 4.74 Å². The molecule has 1 fully saturated rings.